The number of aromatic nitrogens is 1. The van der Waals surface area contributed by atoms with E-state index in [4.69, 9.17) is 4.84 Å². The standard InChI is InChI=1S/C21H20N2O/c1-17-9-11-18(12-10-17)13-15-24-23-21(19-6-3-2-4-7-19)20-8-5-14-22-16-20/h2-12,14,16H,13,15H2,1H3. The monoisotopic (exact) mass is 316 g/mol. The molecule has 3 aromatic rings. The van der Waals surface area contributed by atoms with E-state index in [0.717, 1.165) is 23.3 Å². The number of nitrogens with zero attached hydrogens (tertiary/aromatic N) is 2. The van der Waals surface area contributed by atoms with Crippen LogP contribution in [0.25, 0.3) is 0 Å². The first-order valence-electron chi connectivity index (χ1n) is 8.04. The molecule has 0 unspecified atom stereocenters. The lowest BCUT2D eigenvalue weighted by Gasteiger charge is -2.07. The Morgan fingerprint density at radius 1 is 0.917 bits per heavy atom. The Kier molecular flexibility index (Phi) is 5.36. The molecule has 0 N–H and O–H groups in total. The van der Waals surface area contributed by atoms with Crippen molar-refractivity contribution in [1.82, 2.24) is 4.98 Å². The summed E-state index contributed by atoms with van der Waals surface area (Å²) in [5.74, 6) is 0. The Labute approximate surface area is 142 Å². The summed E-state index contributed by atoms with van der Waals surface area (Å²) < 4.78 is 0. The average molecular weight is 316 g/mol. The SMILES string of the molecule is Cc1ccc(CCON=C(c2ccccc2)c2cccnc2)cc1. The van der Waals surface area contributed by atoms with Crippen molar-refractivity contribution >= 4 is 5.71 Å². The van der Waals surface area contributed by atoms with E-state index >= 15 is 0 Å². The van der Waals surface area contributed by atoms with E-state index in [1.165, 1.54) is 11.1 Å². The van der Waals surface area contributed by atoms with Crippen molar-refractivity contribution in [2.24, 2.45) is 5.16 Å². The molecule has 2 aromatic carbocycles. The molecule has 3 rings (SSSR count). The van der Waals surface area contributed by atoms with E-state index in [0.29, 0.717) is 6.61 Å². The van der Waals surface area contributed by atoms with Gasteiger partial charge in [0.2, 0.25) is 0 Å². The van der Waals surface area contributed by atoms with Gasteiger partial charge in [0.1, 0.15) is 12.3 Å². The van der Waals surface area contributed by atoms with Gasteiger partial charge in [-0.2, -0.15) is 0 Å². The van der Waals surface area contributed by atoms with Crippen LogP contribution < -0.4 is 0 Å². The van der Waals surface area contributed by atoms with E-state index < -0.39 is 0 Å². The average Bonchev–Trinajstić information content (AvgIpc) is 2.65. The molecule has 0 saturated carbocycles. The van der Waals surface area contributed by atoms with E-state index in [-0.39, 0.29) is 0 Å². The smallest absolute Gasteiger partial charge is 0.121 e. The number of hydrogen-bond acceptors (Lipinski definition) is 3. The van der Waals surface area contributed by atoms with Crippen molar-refractivity contribution in [3.8, 4) is 0 Å². The summed E-state index contributed by atoms with van der Waals surface area (Å²) in [6.45, 7) is 2.63. The number of aryl methyl sites for hydroxylation is 1. The van der Waals surface area contributed by atoms with Crippen molar-refractivity contribution in [2.75, 3.05) is 6.61 Å². The molecule has 0 fully saturated rings. The minimum Gasteiger partial charge on any atom is -0.395 e. The third kappa shape index (κ3) is 4.29. The van der Waals surface area contributed by atoms with E-state index in [1.807, 2.05) is 42.5 Å². The minimum atomic E-state index is 0.541. The molecule has 0 bridgehead atoms. The minimum absolute atomic E-state index is 0.541. The molecule has 0 saturated heterocycles. The second kappa shape index (κ2) is 8.06. The Morgan fingerprint density at radius 2 is 1.67 bits per heavy atom. The first kappa shape index (κ1) is 15.9. The normalized spacial score (nSPS) is 11.3. The second-order valence-electron chi connectivity index (χ2n) is 5.62. The van der Waals surface area contributed by atoms with Gasteiger partial charge in [-0.15, -0.1) is 0 Å². The molecular formula is C21H20N2O. The van der Waals surface area contributed by atoms with Gasteiger partial charge in [-0.3, -0.25) is 4.98 Å². The third-order valence-corrected chi connectivity index (χ3v) is 3.74. The van der Waals surface area contributed by atoms with Crippen molar-refractivity contribution in [3.05, 3.63) is 101 Å². The maximum absolute atomic E-state index is 5.60. The first-order chi connectivity index (χ1) is 11.8. The Morgan fingerprint density at radius 3 is 2.38 bits per heavy atom. The molecule has 0 atom stereocenters. The number of oxime groups is 1. The molecule has 3 nitrogen and oxygen atoms in total. The lowest BCUT2D eigenvalue weighted by Crippen LogP contribution is -2.06. The number of benzene rings is 2. The highest BCUT2D eigenvalue weighted by molar-refractivity contribution is 6.12. The van der Waals surface area contributed by atoms with Crippen molar-refractivity contribution in [1.29, 1.82) is 0 Å². The predicted octanol–water partition coefficient (Wildman–Crippen LogP) is 4.40. The van der Waals surface area contributed by atoms with Crippen molar-refractivity contribution < 1.29 is 4.84 Å². The Balaban J connectivity index is 1.71. The van der Waals surface area contributed by atoms with E-state index in [9.17, 15) is 0 Å². The van der Waals surface area contributed by atoms with Gasteiger partial charge in [0.05, 0.1) is 0 Å². The molecular weight excluding hydrogens is 296 g/mol. The fourth-order valence-electron chi connectivity index (χ4n) is 2.40. The van der Waals surface area contributed by atoms with Gasteiger partial charge in [0.15, 0.2) is 0 Å². The third-order valence-electron chi connectivity index (χ3n) is 3.74. The molecule has 0 spiro atoms. The van der Waals surface area contributed by atoms with Crippen LogP contribution in [0.3, 0.4) is 0 Å². The van der Waals surface area contributed by atoms with E-state index in [2.05, 4.69) is 41.3 Å². The fraction of sp³-hybridized carbons (Fsp3) is 0.143. The van der Waals surface area contributed by atoms with Gasteiger partial charge >= 0.3 is 0 Å². The highest BCUT2D eigenvalue weighted by Gasteiger charge is 2.07. The maximum Gasteiger partial charge on any atom is 0.121 e. The predicted molar refractivity (Wildman–Crippen MR) is 97.2 cm³/mol. The van der Waals surface area contributed by atoms with E-state index in [1.54, 1.807) is 12.4 Å². The van der Waals surface area contributed by atoms with Crippen LogP contribution in [0, 0.1) is 6.92 Å². The van der Waals surface area contributed by atoms with Gasteiger partial charge in [0, 0.05) is 29.9 Å². The molecule has 1 aromatic heterocycles. The molecule has 0 radical (unpaired) electrons. The highest BCUT2D eigenvalue weighted by atomic mass is 16.6. The molecule has 3 heteroatoms. The largest absolute Gasteiger partial charge is 0.395 e. The summed E-state index contributed by atoms with van der Waals surface area (Å²) in [5.41, 5.74) is 5.27. The van der Waals surface area contributed by atoms with Crippen LogP contribution in [0.4, 0.5) is 0 Å². The lowest BCUT2D eigenvalue weighted by molar-refractivity contribution is 0.148. The second-order valence-corrected chi connectivity index (χ2v) is 5.62. The number of rotatable bonds is 6. The number of hydrogen-bond donors (Lipinski definition) is 0. The van der Waals surface area contributed by atoms with Gasteiger partial charge < -0.3 is 4.84 Å². The van der Waals surface area contributed by atoms with Crippen LogP contribution in [0.15, 0.2) is 84.3 Å². The molecule has 0 amide bonds. The summed E-state index contributed by atoms with van der Waals surface area (Å²) in [7, 11) is 0. The Bertz CT molecular complexity index is 740. The summed E-state index contributed by atoms with van der Waals surface area (Å²) in [5, 5.41) is 4.37. The summed E-state index contributed by atoms with van der Waals surface area (Å²) >= 11 is 0. The fourth-order valence-corrected chi connectivity index (χ4v) is 2.40. The van der Waals surface area contributed by atoms with Gasteiger partial charge in [-0.05, 0) is 24.6 Å². The van der Waals surface area contributed by atoms with Gasteiger partial charge in [-0.25, -0.2) is 0 Å². The zero-order chi connectivity index (χ0) is 16.6. The quantitative estimate of drug-likeness (QED) is 0.384. The van der Waals surface area contributed by atoms with Crippen LogP contribution in [0.5, 0.6) is 0 Å². The molecule has 1 heterocycles. The summed E-state index contributed by atoms with van der Waals surface area (Å²) in [4.78, 5) is 9.78. The number of pyridine rings is 1. The van der Waals surface area contributed by atoms with Crippen molar-refractivity contribution in [3.63, 3.8) is 0 Å². The Hall–Kier alpha value is -2.94. The topological polar surface area (TPSA) is 34.5 Å². The maximum atomic E-state index is 5.60. The van der Waals surface area contributed by atoms with Crippen molar-refractivity contribution in [2.45, 2.75) is 13.3 Å². The van der Waals surface area contributed by atoms with Crippen LogP contribution in [0.1, 0.15) is 22.3 Å². The highest BCUT2D eigenvalue weighted by Crippen LogP contribution is 2.11. The lowest BCUT2D eigenvalue weighted by atomic mass is 10.0. The molecule has 24 heavy (non-hydrogen) atoms. The molecule has 120 valence electrons. The summed E-state index contributed by atoms with van der Waals surface area (Å²) in [6, 6.07) is 22.4. The molecule has 0 aliphatic rings. The van der Waals surface area contributed by atoms with Crippen LogP contribution in [-0.4, -0.2) is 17.3 Å². The van der Waals surface area contributed by atoms with Crippen LogP contribution in [0.2, 0.25) is 0 Å². The zero-order valence-electron chi connectivity index (χ0n) is 13.7. The zero-order valence-corrected chi connectivity index (χ0v) is 13.7. The van der Waals surface area contributed by atoms with Gasteiger partial charge in [0.25, 0.3) is 0 Å². The van der Waals surface area contributed by atoms with Crippen LogP contribution >= 0.6 is 0 Å². The molecule has 0 aliphatic carbocycles. The molecule has 0 aliphatic heterocycles. The van der Waals surface area contributed by atoms with Gasteiger partial charge in [-0.1, -0.05) is 65.3 Å². The first-order valence-corrected chi connectivity index (χ1v) is 8.04. The van der Waals surface area contributed by atoms with Crippen LogP contribution in [-0.2, 0) is 11.3 Å². The summed E-state index contributed by atoms with van der Waals surface area (Å²) in [6.07, 6.45) is 4.39.